The molecule has 0 N–H and O–H groups in total. The maximum Gasteiger partial charge on any atom is 0.256 e. The molecule has 1 aromatic carbocycles. The first-order chi connectivity index (χ1) is 8.09. The molecule has 0 spiro atoms. The zero-order valence-electron chi connectivity index (χ0n) is 10.4. The van der Waals surface area contributed by atoms with Crippen molar-refractivity contribution in [1.29, 1.82) is 0 Å². The summed E-state index contributed by atoms with van der Waals surface area (Å²) in [6, 6.07) is 4.96. The zero-order valence-corrected chi connectivity index (χ0v) is 10.4. The van der Waals surface area contributed by atoms with Gasteiger partial charge in [-0.2, -0.15) is 0 Å². The number of hydrogen-bond donors (Lipinski definition) is 0. The second-order valence-corrected chi connectivity index (χ2v) is 4.92. The highest BCUT2D eigenvalue weighted by Crippen LogP contribution is 2.27. The summed E-state index contributed by atoms with van der Waals surface area (Å²) in [4.78, 5) is 13.7. The van der Waals surface area contributed by atoms with Gasteiger partial charge in [-0.25, -0.2) is 4.39 Å². The monoisotopic (exact) mass is 235 g/mol. The SMILES string of the molecule is Cc1cccc(C(=O)N(C)CC2CCC2)c1F. The summed E-state index contributed by atoms with van der Waals surface area (Å²) in [6.07, 6.45) is 3.63. The number of rotatable bonds is 3. The van der Waals surface area contributed by atoms with Crippen LogP contribution < -0.4 is 0 Å². The zero-order chi connectivity index (χ0) is 12.4. The molecule has 92 valence electrons. The molecule has 0 aromatic heterocycles. The summed E-state index contributed by atoms with van der Waals surface area (Å²) < 4.78 is 13.8. The largest absolute Gasteiger partial charge is 0.341 e. The Labute approximate surface area is 101 Å². The fraction of sp³-hybridized carbons (Fsp3) is 0.500. The maximum absolute atomic E-state index is 13.8. The summed E-state index contributed by atoms with van der Waals surface area (Å²) in [5, 5.41) is 0. The minimum absolute atomic E-state index is 0.187. The summed E-state index contributed by atoms with van der Waals surface area (Å²) in [7, 11) is 1.75. The molecule has 1 amide bonds. The van der Waals surface area contributed by atoms with Gasteiger partial charge in [-0.15, -0.1) is 0 Å². The summed E-state index contributed by atoms with van der Waals surface area (Å²) in [5.41, 5.74) is 0.708. The topological polar surface area (TPSA) is 20.3 Å². The van der Waals surface area contributed by atoms with Crippen molar-refractivity contribution in [2.75, 3.05) is 13.6 Å². The van der Waals surface area contributed by atoms with E-state index in [-0.39, 0.29) is 11.5 Å². The Hall–Kier alpha value is -1.38. The van der Waals surface area contributed by atoms with E-state index < -0.39 is 5.82 Å². The quantitative estimate of drug-likeness (QED) is 0.788. The van der Waals surface area contributed by atoms with Gasteiger partial charge in [0.1, 0.15) is 5.82 Å². The summed E-state index contributed by atoms with van der Waals surface area (Å²) >= 11 is 0. The van der Waals surface area contributed by atoms with E-state index in [0.29, 0.717) is 11.5 Å². The second-order valence-electron chi connectivity index (χ2n) is 4.92. The molecule has 0 unspecified atom stereocenters. The molecule has 0 bridgehead atoms. The van der Waals surface area contributed by atoms with Gasteiger partial charge in [-0.1, -0.05) is 18.6 Å². The van der Waals surface area contributed by atoms with Gasteiger partial charge in [-0.05, 0) is 37.3 Å². The molecule has 0 radical (unpaired) electrons. The molecule has 17 heavy (non-hydrogen) atoms. The van der Waals surface area contributed by atoms with Gasteiger partial charge in [0.2, 0.25) is 0 Å². The van der Waals surface area contributed by atoms with Crippen molar-refractivity contribution in [2.24, 2.45) is 5.92 Å². The van der Waals surface area contributed by atoms with Crippen LogP contribution >= 0.6 is 0 Å². The van der Waals surface area contributed by atoms with Crippen molar-refractivity contribution < 1.29 is 9.18 Å². The molecule has 3 heteroatoms. The Balaban J connectivity index is 2.09. The molecule has 0 saturated heterocycles. The van der Waals surface area contributed by atoms with Crippen LogP contribution in [0.1, 0.15) is 35.2 Å². The van der Waals surface area contributed by atoms with E-state index in [1.54, 1.807) is 37.1 Å². The molecule has 1 aromatic rings. The highest BCUT2D eigenvalue weighted by molar-refractivity contribution is 5.94. The van der Waals surface area contributed by atoms with Crippen molar-refractivity contribution in [3.63, 3.8) is 0 Å². The Morgan fingerprint density at radius 2 is 2.18 bits per heavy atom. The van der Waals surface area contributed by atoms with Gasteiger partial charge in [0.15, 0.2) is 0 Å². The van der Waals surface area contributed by atoms with Gasteiger partial charge < -0.3 is 4.90 Å². The molecule has 0 aliphatic heterocycles. The van der Waals surface area contributed by atoms with Gasteiger partial charge in [-0.3, -0.25) is 4.79 Å². The lowest BCUT2D eigenvalue weighted by atomic mass is 9.85. The van der Waals surface area contributed by atoms with Gasteiger partial charge in [0, 0.05) is 13.6 Å². The first-order valence-corrected chi connectivity index (χ1v) is 6.10. The first kappa shape index (κ1) is 12.1. The highest BCUT2D eigenvalue weighted by atomic mass is 19.1. The first-order valence-electron chi connectivity index (χ1n) is 6.10. The number of hydrogen-bond acceptors (Lipinski definition) is 1. The molecule has 1 aliphatic rings. The normalized spacial score (nSPS) is 15.5. The molecule has 1 saturated carbocycles. The van der Waals surface area contributed by atoms with E-state index in [2.05, 4.69) is 0 Å². The third-order valence-corrected chi connectivity index (χ3v) is 3.53. The molecular formula is C14H18FNO. The number of carbonyl (C=O) groups is 1. The van der Waals surface area contributed by atoms with Gasteiger partial charge >= 0.3 is 0 Å². The van der Waals surface area contributed by atoms with Crippen LogP contribution in [0.25, 0.3) is 0 Å². The van der Waals surface area contributed by atoms with Crippen LogP contribution in [0.4, 0.5) is 4.39 Å². The number of aryl methyl sites for hydroxylation is 1. The lowest BCUT2D eigenvalue weighted by Crippen LogP contribution is -2.34. The van der Waals surface area contributed by atoms with Crippen LogP contribution in [0.3, 0.4) is 0 Å². The van der Waals surface area contributed by atoms with Gasteiger partial charge in [0.05, 0.1) is 5.56 Å². The maximum atomic E-state index is 13.8. The van der Waals surface area contributed by atoms with E-state index in [9.17, 15) is 9.18 Å². The van der Waals surface area contributed by atoms with Crippen LogP contribution in [0.5, 0.6) is 0 Å². The van der Waals surface area contributed by atoms with E-state index in [4.69, 9.17) is 0 Å². The van der Waals surface area contributed by atoms with Crippen molar-refractivity contribution in [1.82, 2.24) is 4.90 Å². The third kappa shape index (κ3) is 2.48. The predicted octanol–water partition coefficient (Wildman–Crippen LogP) is 3.01. The molecule has 2 rings (SSSR count). The van der Waals surface area contributed by atoms with Crippen LogP contribution in [0, 0.1) is 18.7 Å². The molecule has 1 fully saturated rings. The summed E-state index contributed by atoms with van der Waals surface area (Å²) in [5.74, 6) is 0.00730. The molecule has 0 heterocycles. The molecule has 1 aliphatic carbocycles. The fourth-order valence-corrected chi connectivity index (χ4v) is 2.16. The van der Waals surface area contributed by atoms with E-state index in [0.717, 1.165) is 6.54 Å². The standard InChI is InChI=1S/C14H18FNO/c1-10-5-3-8-12(13(10)15)14(17)16(2)9-11-6-4-7-11/h3,5,8,11H,4,6-7,9H2,1-2H3. The van der Waals surface area contributed by atoms with E-state index in [1.165, 1.54) is 19.3 Å². The van der Waals surface area contributed by atoms with E-state index >= 15 is 0 Å². The van der Waals surface area contributed by atoms with Gasteiger partial charge in [0.25, 0.3) is 5.91 Å². The Kier molecular flexibility index (Phi) is 3.46. The Bertz CT molecular complexity index is 426. The van der Waals surface area contributed by atoms with E-state index in [1.807, 2.05) is 0 Å². The Morgan fingerprint density at radius 3 is 2.76 bits per heavy atom. The molecular weight excluding hydrogens is 217 g/mol. The minimum atomic E-state index is -0.391. The third-order valence-electron chi connectivity index (χ3n) is 3.53. The molecule has 2 nitrogen and oxygen atoms in total. The average Bonchev–Trinajstić information content (AvgIpc) is 2.26. The van der Waals surface area contributed by atoms with Crippen molar-refractivity contribution in [3.05, 3.63) is 35.1 Å². The number of carbonyl (C=O) groups excluding carboxylic acids is 1. The van der Waals surface area contributed by atoms with Crippen LogP contribution in [-0.4, -0.2) is 24.4 Å². The number of benzene rings is 1. The fourth-order valence-electron chi connectivity index (χ4n) is 2.16. The smallest absolute Gasteiger partial charge is 0.256 e. The van der Waals surface area contributed by atoms with Crippen LogP contribution in [0.2, 0.25) is 0 Å². The number of halogens is 1. The highest BCUT2D eigenvalue weighted by Gasteiger charge is 2.23. The average molecular weight is 235 g/mol. The van der Waals surface area contributed by atoms with Crippen molar-refractivity contribution in [3.8, 4) is 0 Å². The molecule has 0 atom stereocenters. The Morgan fingerprint density at radius 1 is 1.47 bits per heavy atom. The summed E-state index contributed by atoms with van der Waals surface area (Å²) in [6.45, 7) is 2.42. The number of amides is 1. The van der Waals surface area contributed by atoms with Crippen LogP contribution in [-0.2, 0) is 0 Å². The number of nitrogens with zero attached hydrogens (tertiary/aromatic N) is 1. The van der Waals surface area contributed by atoms with Crippen LogP contribution in [0.15, 0.2) is 18.2 Å². The lowest BCUT2D eigenvalue weighted by Gasteiger charge is -2.30. The lowest BCUT2D eigenvalue weighted by molar-refractivity contribution is 0.0740. The second kappa shape index (κ2) is 4.86. The predicted molar refractivity (Wildman–Crippen MR) is 65.4 cm³/mol. The minimum Gasteiger partial charge on any atom is -0.341 e. The van der Waals surface area contributed by atoms with Crippen molar-refractivity contribution >= 4 is 5.91 Å². The van der Waals surface area contributed by atoms with Crippen molar-refractivity contribution in [2.45, 2.75) is 26.2 Å².